The van der Waals surface area contributed by atoms with E-state index in [-0.39, 0.29) is 10.6 Å². The van der Waals surface area contributed by atoms with Crippen LogP contribution in [0.2, 0.25) is 2.82 Å². The molecular weight excluding hydrogens is 278 g/mol. The van der Waals surface area contributed by atoms with E-state index in [4.69, 9.17) is 25.4 Å². The van der Waals surface area contributed by atoms with Crippen molar-refractivity contribution in [3.63, 3.8) is 0 Å². The van der Waals surface area contributed by atoms with Gasteiger partial charge in [-0.15, -0.1) is 0 Å². The Balaban J connectivity index is 2.93. The molecule has 0 aromatic heterocycles. The molecule has 122 valence electrons. The van der Waals surface area contributed by atoms with E-state index in [0.29, 0.717) is 4.90 Å². The van der Waals surface area contributed by atoms with Gasteiger partial charge in [-0.25, -0.2) is 4.79 Å². The van der Waals surface area contributed by atoms with Gasteiger partial charge in [0.05, 0.1) is 14.1 Å². The number of carbonyl (C=O) groups is 1. The molecule has 0 bridgehead atoms. The number of hydrogen-bond acceptors (Lipinski definition) is 4. The molecule has 0 spiro atoms. The standard InChI is InChI=1S/C17H27N3O2/c1-17(2,3)22-16(21)20-8-6-12-10-14(18)15(19(4)5)11-13(12)7-9-20/h10-11H,6-9,18H2,1-5H3/i1D,4D3,5D3,6D,7D,8D,9D,10D,11D/hD2. The summed E-state index contributed by atoms with van der Waals surface area (Å²) in [6.45, 7) is -8.57. The second-order valence-corrected chi connectivity index (χ2v) is 5.28. The lowest BCUT2D eigenvalue weighted by Gasteiger charge is -2.26. The number of ether oxygens (including phenoxy) is 1. The molecular formula is C17H27N3O2. The van der Waals surface area contributed by atoms with Crippen molar-refractivity contribution in [2.24, 2.45) is 0 Å². The van der Waals surface area contributed by atoms with Crippen LogP contribution in [-0.2, 0) is 17.5 Å². The fourth-order valence-corrected chi connectivity index (χ4v) is 1.70. The number of benzene rings is 1. The minimum atomic E-state index is -3.47. The SMILES string of the molecule is [2H]CC(C)(C)OC(=O)N1C([2H])C([2H])c2c([2H])c(N([2H])[2H])c(N(C([2H])([2H])[2H])C([2H])([2H])[2H])c([2H])c2C([2H])C1[2H]. The Morgan fingerprint density at radius 1 is 1.45 bits per heavy atom. The van der Waals surface area contributed by atoms with Crippen molar-refractivity contribution >= 4 is 17.5 Å². The topological polar surface area (TPSA) is 58.8 Å². The number of amides is 1. The first-order valence-corrected chi connectivity index (χ1v) is 6.34. The molecule has 4 atom stereocenters. The van der Waals surface area contributed by atoms with Crippen molar-refractivity contribution in [3.8, 4) is 0 Å². The molecule has 2 N–H and O–H groups in total. The second kappa shape index (κ2) is 6.07. The molecule has 0 saturated heterocycles. The maximum atomic E-state index is 12.9. The van der Waals surface area contributed by atoms with Crippen LogP contribution in [0.15, 0.2) is 12.1 Å². The third-order valence-corrected chi connectivity index (χ3v) is 2.62. The molecule has 1 aromatic rings. The Hall–Kier alpha value is -1.91. The summed E-state index contributed by atoms with van der Waals surface area (Å²) in [5, 5.41) is 0. The summed E-state index contributed by atoms with van der Waals surface area (Å²) in [5.41, 5.74) is -4.99. The third kappa shape index (κ3) is 3.84. The first-order valence-electron chi connectivity index (χ1n) is 14.3. The lowest BCUT2D eigenvalue weighted by Crippen LogP contribution is -2.38. The smallest absolute Gasteiger partial charge is 0.410 e. The Morgan fingerprint density at radius 3 is 2.73 bits per heavy atom. The molecule has 4 unspecified atom stereocenters. The number of nitrogens with two attached hydrogens (primary N) is 1. The number of anilines is 2. The average molecular weight is 321 g/mol. The van der Waals surface area contributed by atoms with Crippen molar-refractivity contribution in [2.75, 3.05) is 37.6 Å². The molecule has 22 heavy (non-hydrogen) atoms. The second-order valence-electron chi connectivity index (χ2n) is 5.28. The average Bonchev–Trinajstić information content (AvgIpc) is 2.78. The zero-order chi connectivity index (χ0) is 29.0. The van der Waals surface area contributed by atoms with Crippen LogP contribution < -0.4 is 10.6 Å². The fraction of sp³-hybridized carbons (Fsp3) is 0.588. The van der Waals surface area contributed by atoms with Crippen molar-refractivity contribution in [1.82, 2.24) is 4.90 Å². The molecule has 0 aliphatic carbocycles. The summed E-state index contributed by atoms with van der Waals surface area (Å²) < 4.78 is 126. The van der Waals surface area contributed by atoms with E-state index < -0.39 is 93.0 Å². The van der Waals surface area contributed by atoms with Gasteiger partial charge >= 0.3 is 6.09 Å². The normalized spacial score (nSPS) is 39.2. The molecule has 5 heteroatoms. The summed E-state index contributed by atoms with van der Waals surface area (Å²) in [4.78, 5) is 13.1. The van der Waals surface area contributed by atoms with E-state index in [9.17, 15) is 4.79 Å². The highest BCUT2D eigenvalue weighted by atomic mass is 16.6. The van der Waals surface area contributed by atoms with Crippen LogP contribution >= 0.6 is 0 Å². The third-order valence-electron chi connectivity index (χ3n) is 2.62. The molecule has 0 radical (unpaired) electrons. The summed E-state index contributed by atoms with van der Waals surface area (Å²) in [5.74, 6) is 0. The Kier molecular flexibility index (Phi) is 1.55. The monoisotopic (exact) mass is 320 g/mol. The number of carbonyl (C=O) groups excluding carboxylic acids is 1. The summed E-state index contributed by atoms with van der Waals surface area (Å²) in [6, 6.07) is -2.01. The first kappa shape index (κ1) is 5.62. The zero-order valence-corrected chi connectivity index (χ0v) is 12.2. The summed E-state index contributed by atoms with van der Waals surface area (Å²) in [7, 11) is 0. The number of hydrogen-bond donors (Lipinski definition) is 1. The molecule has 1 aliphatic rings. The molecule has 1 amide bonds. The Morgan fingerprint density at radius 2 is 2.14 bits per heavy atom. The van der Waals surface area contributed by atoms with Gasteiger partial charge in [-0.3, -0.25) is 0 Å². The number of nitrogens with zero attached hydrogens (tertiary/aromatic N) is 2. The van der Waals surface area contributed by atoms with E-state index in [2.05, 4.69) is 0 Å². The van der Waals surface area contributed by atoms with Crippen LogP contribution in [0.3, 0.4) is 0 Å². The van der Waals surface area contributed by atoms with Crippen molar-refractivity contribution in [1.29, 1.82) is 0 Å². The maximum absolute atomic E-state index is 12.9. The lowest BCUT2D eigenvalue weighted by atomic mass is 10.0. The molecule has 2 rings (SSSR count). The van der Waals surface area contributed by atoms with Crippen LogP contribution in [-0.4, -0.2) is 43.6 Å². The van der Waals surface area contributed by atoms with Crippen molar-refractivity contribution < 1.29 is 30.2 Å². The van der Waals surface area contributed by atoms with Gasteiger partial charge in [0, 0.05) is 42.1 Å². The molecule has 5 nitrogen and oxygen atoms in total. The lowest BCUT2D eigenvalue weighted by molar-refractivity contribution is 0.0258. The molecule has 1 aliphatic heterocycles. The van der Waals surface area contributed by atoms with E-state index in [0.717, 1.165) is 0 Å². The van der Waals surface area contributed by atoms with Crippen LogP contribution in [0, 0.1) is 0 Å². The molecule has 1 heterocycles. The predicted octanol–water partition coefficient (Wildman–Crippen LogP) is 2.67. The van der Waals surface area contributed by atoms with Crippen LogP contribution in [0.4, 0.5) is 16.2 Å². The van der Waals surface area contributed by atoms with Gasteiger partial charge in [0.2, 0.25) is 0 Å². The molecule has 1 aromatic carbocycles. The highest BCUT2D eigenvalue weighted by Gasteiger charge is 2.24. The van der Waals surface area contributed by atoms with E-state index in [1.807, 2.05) is 0 Å². The minimum absolute atomic E-state index is 0.220. The highest BCUT2D eigenvalue weighted by molar-refractivity contribution is 5.71. The van der Waals surface area contributed by atoms with Gasteiger partial charge in [0.1, 0.15) is 5.60 Å². The van der Waals surface area contributed by atoms with Crippen molar-refractivity contribution in [2.45, 2.75) is 39.1 Å². The van der Waals surface area contributed by atoms with Gasteiger partial charge < -0.3 is 20.3 Å². The number of nitrogen functional groups attached to an aromatic ring is 1. The summed E-state index contributed by atoms with van der Waals surface area (Å²) in [6.07, 6.45) is -5.27. The molecule has 0 fully saturated rings. The van der Waals surface area contributed by atoms with Gasteiger partial charge in [-0.1, -0.05) is 0 Å². The zero-order valence-electron chi connectivity index (χ0n) is 27.2. The number of rotatable bonds is 2. The van der Waals surface area contributed by atoms with Crippen LogP contribution in [0.25, 0.3) is 0 Å². The fourth-order valence-electron chi connectivity index (χ4n) is 1.70. The van der Waals surface area contributed by atoms with Crippen LogP contribution in [0.5, 0.6) is 0 Å². The van der Waals surface area contributed by atoms with Crippen molar-refractivity contribution in [3.05, 3.63) is 23.2 Å². The predicted molar refractivity (Wildman–Crippen MR) is 90.4 cm³/mol. The van der Waals surface area contributed by atoms with Gasteiger partial charge in [0.15, 0.2) is 2.82 Å². The maximum Gasteiger partial charge on any atom is 0.410 e. The Bertz CT molecular complexity index is 1010. The van der Waals surface area contributed by atoms with Gasteiger partial charge in [-0.2, -0.15) is 0 Å². The molecule has 0 saturated carbocycles. The summed E-state index contributed by atoms with van der Waals surface area (Å²) >= 11 is 0. The van der Waals surface area contributed by atoms with Gasteiger partial charge in [0.25, 0.3) is 0 Å². The van der Waals surface area contributed by atoms with E-state index in [1.165, 1.54) is 13.8 Å². The Labute approximate surface area is 154 Å². The largest absolute Gasteiger partial charge is 0.444 e. The number of fused-ring (bicyclic) bond motifs is 1. The van der Waals surface area contributed by atoms with Gasteiger partial charge in [-0.05, 0) is 56.8 Å². The highest BCUT2D eigenvalue weighted by Crippen LogP contribution is 2.28. The van der Waals surface area contributed by atoms with E-state index in [1.54, 1.807) is 0 Å². The minimum Gasteiger partial charge on any atom is -0.444 e. The quantitative estimate of drug-likeness (QED) is 0.851. The van der Waals surface area contributed by atoms with Crippen LogP contribution in [0.1, 0.15) is 49.7 Å². The first-order chi connectivity index (χ1) is 16.6. The van der Waals surface area contributed by atoms with E-state index >= 15 is 0 Å².